The van der Waals surface area contributed by atoms with Crippen molar-refractivity contribution in [2.24, 2.45) is 0 Å². The standard InChI is InChI=1S/C23H29N3O2/c1-3-25(4-2)21(18-9-6-5-7-10-18)17-24-23(28)19-12-14-20(15-13-19)26-16-8-11-22(26)27/h5-7,9-10,12-15,21H,3-4,8,11,16-17H2,1-2H3,(H,24,28). The normalized spacial score (nSPS) is 15.1. The molecule has 0 spiro atoms. The molecule has 1 N–H and O–H groups in total. The summed E-state index contributed by atoms with van der Waals surface area (Å²) in [6.07, 6.45) is 1.50. The number of anilines is 1. The fourth-order valence-corrected chi connectivity index (χ4v) is 3.80. The minimum atomic E-state index is -0.0904. The molecule has 0 radical (unpaired) electrons. The van der Waals surface area contributed by atoms with E-state index in [9.17, 15) is 9.59 Å². The maximum atomic E-state index is 12.7. The number of rotatable bonds is 8. The molecule has 1 fully saturated rings. The lowest BCUT2D eigenvalue weighted by Gasteiger charge is -2.30. The van der Waals surface area contributed by atoms with E-state index in [1.54, 1.807) is 17.0 Å². The Balaban J connectivity index is 1.66. The van der Waals surface area contributed by atoms with Crippen molar-refractivity contribution >= 4 is 17.5 Å². The Morgan fingerprint density at radius 2 is 1.75 bits per heavy atom. The van der Waals surface area contributed by atoms with Crippen LogP contribution in [0.4, 0.5) is 5.69 Å². The Hall–Kier alpha value is -2.66. The number of carbonyl (C=O) groups is 2. The summed E-state index contributed by atoms with van der Waals surface area (Å²) in [5, 5.41) is 3.08. The molecule has 5 heteroatoms. The van der Waals surface area contributed by atoms with Gasteiger partial charge in [-0.05, 0) is 49.3 Å². The minimum Gasteiger partial charge on any atom is -0.350 e. The first kappa shape index (κ1) is 20.1. The second kappa shape index (κ2) is 9.51. The number of benzene rings is 2. The smallest absolute Gasteiger partial charge is 0.251 e. The highest BCUT2D eigenvalue weighted by molar-refractivity contribution is 5.97. The molecule has 5 nitrogen and oxygen atoms in total. The summed E-state index contributed by atoms with van der Waals surface area (Å²) in [6, 6.07) is 17.7. The van der Waals surface area contributed by atoms with Crippen LogP contribution in [-0.2, 0) is 4.79 Å². The van der Waals surface area contributed by atoms with Crippen LogP contribution in [0.25, 0.3) is 0 Å². The van der Waals surface area contributed by atoms with Crippen molar-refractivity contribution < 1.29 is 9.59 Å². The Bertz CT molecular complexity index is 785. The number of likely N-dealkylation sites (N-methyl/N-ethyl adjacent to an activating group) is 1. The number of nitrogens with zero attached hydrogens (tertiary/aromatic N) is 2. The second-order valence-electron chi connectivity index (χ2n) is 7.05. The van der Waals surface area contributed by atoms with Crippen LogP contribution in [0.15, 0.2) is 54.6 Å². The van der Waals surface area contributed by atoms with E-state index in [1.807, 2.05) is 30.3 Å². The molecule has 0 bridgehead atoms. The van der Waals surface area contributed by atoms with Gasteiger partial charge in [-0.15, -0.1) is 0 Å². The van der Waals surface area contributed by atoms with Crippen molar-refractivity contribution in [3.8, 4) is 0 Å². The van der Waals surface area contributed by atoms with E-state index in [4.69, 9.17) is 0 Å². The zero-order chi connectivity index (χ0) is 19.9. The first-order valence-corrected chi connectivity index (χ1v) is 10.1. The lowest BCUT2D eigenvalue weighted by Crippen LogP contribution is -2.38. The summed E-state index contributed by atoms with van der Waals surface area (Å²) in [5.74, 6) is 0.0644. The lowest BCUT2D eigenvalue weighted by molar-refractivity contribution is -0.117. The summed E-state index contributed by atoms with van der Waals surface area (Å²) in [6.45, 7) is 7.43. The van der Waals surface area contributed by atoms with Crippen molar-refractivity contribution in [1.82, 2.24) is 10.2 Å². The average molecular weight is 380 g/mol. The molecule has 2 aromatic rings. The highest BCUT2D eigenvalue weighted by Gasteiger charge is 2.22. The molecule has 0 aromatic heterocycles. The van der Waals surface area contributed by atoms with Gasteiger partial charge in [0.25, 0.3) is 5.91 Å². The molecule has 1 atom stereocenters. The van der Waals surface area contributed by atoms with E-state index < -0.39 is 0 Å². The Morgan fingerprint density at radius 1 is 1.07 bits per heavy atom. The molecule has 1 saturated heterocycles. The molecule has 0 saturated carbocycles. The van der Waals surface area contributed by atoms with Crippen LogP contribution >= 0.6 is 0 Å². The van der Waals surface area contributed by atoms with Crippen LogP contribution in [0.3, 0.4) is 0 Å². The third-order valence-corrected chi connectivity index (χ3v) is 5.41. The quantitative estimate of drug-likeness (QED) is 0.762. The van der Waals surface area contributed by atoms with E-state index >= 15 is 0 Å². The van der Waals surface area contributed by atoms with Gasteiger partial charge in [0.15, 0.2) is 0 Å². The zero-order valence-electron chi connectivity index (χ0n) is 16.7. The lowest BCUT2D eigenvalue weighted by atomic mass is 10.0. The van der Waals surface area contributed by atoms with Gasteiger partial charge >= 0.3 is 0 Å². The summed E-state index contributed by atoms with van der Waals surface area (Å²) in [4.78, 5) is 28.7. The fraction of sp³-hybridized carbons (Fsp3) is 0.391. The minimum absolute atomic E-state index is 0.0904. The maximum absolute atomic E-state index is 12.7. The van der Waals surface area contributed by atoms with E-state index in [-0.39, 0.29) is 17.9 Å². The number of carbonyl (C=O) groups excluding carboxylic acids is 2. The van der Waals surface area contributed by atoms with E-state index in [2.05, 4.69) is 36.2 Å². The van der Waals surface area contributed by atoms with Crippen molar-refractivity contribution in [1.29, 1.82) is 0 Å². The number of hydrogen-bond donors (Lipinski definition) is 1. The molecular formula is C23H29N3O2. The third kappa shape index (κ3) is 4.60. The van der Waals surface area contributed by atoms with Gasteiger partial charge < -0.3 is 10.2 Å². The Kier molecular flexibility index (Phi) is 6.82. The van der Waals surface area contributed by atoms with E-state index in [0.29, 0.717) is 18.5 Å². The molecule has 1 aliphatic heterocycles. The Labute approximate surface area is 167 Å². The monoisotopic (exact) mass is 379 g/mol. The predicted molar refractivity (Wildman–Crippen MR) is 112 cm³/mol. The van der Waals surface area contributed by atoms with Crippen molar-refractivity contribution in [3.63, 3.8) is 0 Å². The first-order chi connectivity index (χ1) is 13.6. The molecule has 2 aromatic carbocycles. The van der Waals surface area contributed by atoms with Crippen LogP contribution in [0.1, 0.15) is 48.7 Å². The van der Waals surface area contributed by atoms with Crippen molar-refractivity contribution in [2.45, 2.75) is 32.7 Å². The van der Waals surface area contributed by atoms with Gasteiger partial charge in [-0.25, -0.2) is 0 Å². The van der Waals surface area contributed by atoms with Gasteiger partial charge in [-0.2, -0.15) is 0 Å². The molecule has 0 aliphatic carbocycles. The van der Waals surface area contributed by atoms with Crippen molar-refractivity contribution in [3.05, 3.63) is 65.7 Å². The Morgan fingerprint density at radius 3 is 2.32 bits per heavy atom. The molecular weight excluding hydrogens is 350 g/mol. The molecule has 28 heavy (non-hydrogen) atoms. The van der Waals surface area contributed by atoms with E-state index in [1.165, 1.54) is 5.56 Å². The molecule has 148 valence electrons. The molecule has 1 unspecified atom stereocenters. The van der Waals surface area contributed by atoms with Crippen molar-refractivity contribution in [2.75, 3.05) is 31.1 Å². The van der Waals surface area contributed by atoms with Crippen LogP contribution in [-0.4, -0.2) is 42.9 Å². The number of amides is 2. The molecule has 2 amide bonds. The summed E-state index contributed by atoms with van der Waals surface area (Å²) >= 11 is 0. The van der Waals surface area contributed by atoms with E-state index in [0.717, 1.165) is 31.7 Å². The zero-order valence-corrected chi connectivity index (χ0v) is 16.7. The van der Waals surface area contributed by atoms with Gasteiger partial charge in [0.05, 0.1) is 6.04 Å². The van der Waals surface area contributed by atoms with Gasteiger partial charge in [-0.3, -0.25) is 14.5 Å². The number of nitrogens with one attached hydrogen (secondary N) is 1. The SMILES string of the molecule is CCN(CC)C(CNC(=O)c1ccc(N2CCCC2=O)cc1)c1ccccc1. The fourth-order valence-electron chi connectivity index (χ4n) is 3.80. The van der Waals surface area contributed by atoms with Gasteiger partial charge in [0.1, 0.15) is 0 Å². The summed E-state index contributed by atoms with van der Waals surface area (Å²) in [7, 11) is 0. The van der Waals surface area contributed by atoms with Crippen LogP contribution in [0.5, 0.6) is 0 Å². The van der Waals surface area contributed by atoms with Crippen LogP contribution in [0.2, 0.25) is 0 Å². The van der Waals surface area contributed by atoms with Gasteiger partial charge in [0, 0.05) is 30.8 Å². The third-order valence-electron chi connectivity index (χ3n) is 5.41. The molecule has 1 heterocycles. The largest absolute Gasteiger partial charge is 0.350 e. The summed E-state index contributed by atoms with van der Waals surface area (Å²) in [5.41, 5.74) is 2.68. The maximum Gasteiger partial charge on any atom is 0.251 e. The molecule has 1 aliphatic rings. The van der Waals surface area contributed by atoms with Gasteiger partial charge in [0.2, 0.25) is 5.91 Å². The van der Waals surface area contributed by atoms with Crippen LogP contribution < -0.4 is 10.2 Å². The highest BCUT2D eigenvalue weighted by Crippen LogP contribution is 2.22. The molecule has 3 rings (SSSR count). The van der Waals surface area contributed by atoms with Crippen LogP contribution in [0, 0.1) is 0 Å². The number of hydrogen-bond acceptors (Lipinski definition) is 3. The first-order valence-electron chi connectivity index (χ1n) is 10.1. The second-order valence-corrected chi connectivity index (χ2v) is 7.05. The predicted octanol–water partition coefficient (Wildman–Crippen LogP) is 3.63. The summed E-state index contributed by atoms with van der Waals surface area (Å²) < 4.78 is 0. The highest BCUT2D eigenvalue weighted by atomic mass is 16.2. The van der Waals surface area contributed by atoms with Gasteiger partial charge in [-0.1, -0.05) is 44.2 Å². The average Bonchev–Trinajstić information content (AvgIpc) is 3.17. The topological polar surface area (TPSA) is 52.7 Å².